The van der Waals surface area contributed by atoms with Crippen molar-refractivity contribution in [2.45, 2.75) is 39.0 Å². The van der Waals surface area contributed by atoms with E-state index in [0.29, 0.717) is 47.7 Å². The van der Waals surface area contributed by atoms with Gasteiger partial charge in [-0.15, -0.1) is 25.5 Å². The molecule has 0 spiro atoms. The Morgan fingerprint density at radius 1 is 1.28 bits per heavy atom. The quantitative estimate of drug-likeness (QED) is 0.686. The third-order valence-electron chi connectivity index (χ3n) is 3.50. The van der Waals surface area contributed by atoms with E-state index in [1.54, 1.807) is 23.8 Å². The molecule has 0 saturated heterocycles. The van der Waals surface area contributed by atoms with Crippen LogP contribution in [0.4, 0.5) is 5.13 Å². The molecule has 0 aliphatic carbocycles. The zero-order valence-corrected chi connectivity index (χ0v) is 15.1. The fourth-order valence-corrected chi connectivity index (χ4v) is 2.95. The van der Waals surface area contributed by atoms with Crippen molar-refractivity contribution in [2.24, 2.45) is 0 Å². The molecule has 1 amide bonds. The third-order valence-corrected chi connectivity index (χ3v) is 4.64. The highest BCUT2D eigenvalue weighted by molar-refractivity contribution is 7.15. The van der Waals surface area contributed by atoms with Gasteiger partial charge in [-0.3, -0.25) is 4.79 Å². The number of rotatable bonds is 7. The zero-order chi connectivity index (χ0) is 17.8. The van der Waals surface area contributed by atoms with Crippen LogP contribution in [-0.4, -0.2) is 43.0 Å². The fourth-order valence-electron chi connectivity index (χ4n) is 2.19. The zero-order valence-electron chi connectivity index (χ0n) is 14.3. The Hall–Kier alpha value is -2.62. The molecule has 0 aliphatic rings. The molecule has 9 nitrogen and oxygen atoms in total. The molecule has 10 heteroatoms. The second kappa shape index (κ2) is 7.51. The molecule has 132 valence electrons. The first-order valence-electron chi connectivity index (χ1n) is 7.95. The van der Waals surface area contributed by atoms with Crippen molar-refractivity contribution in [3.05, 3.63) is 23.0 Å². The van der Waals surface area contributed by atoms with Gasteiger partial charge < -0.3 is 10.1 Å². The predicted octanol–water partition coefficient (Wildman–Crippen LogP) is 2.07. The van der Waals surface area contributed by atoms with Gasteiger partial charge in [-0.1, -0.05) is 25.2 Å². The standard InChI is InChI=1S/C15H19N7O2S/c1-9(2)14-19-20-15(25-14)16-12(23)6-4-5-10-17-18-11-7-8-13(24-3)21-22(10)11/h7-9H,4-6H2,1-3H3,(H,16,20,23). The Labute approximate surface area is 148 Å². The van der Waals surface area contributed by atoms with Gasteiger partial charge in [0.25, 0.3) is 0 Å². The van der Waals surface area contributed by atoms with Crippen LogP contribution in [0.15, 0.2) is 12.1 Å². The van der Waals surface area contributed by atoms with Crippen LogP contribution in [0.1, 0.15) is 43.4 Å². The van der Waals surface area contributed by atoms with Crippen LogP contribution in [-0.2, 0) is 11.2 Å². The number of hydrogen-bond donors (Lipinski definition) is 1. The van der Waals surface area contributed by atoms with Gasteiger partial charge >= 0.3 is 0 Å². The van der Waals surface area contributed by atoms with Crippen molar-refractivity contribution < 1.29 is 9.53 Å². The second-order valence-electron chi connectivity index (χ2n) is 5.76. The van der Waals surface area contributed by atoms with E-state index in [0.717, 1.165) is 5.01 Å². The molecule has 3 heterocycles. The molecule has 0 saturated carbocycles. The van der Waals surface area contributed by atoms with Gasteiger partial charge in [0.1, 0.15) is 5.01 Å². The number of aromatic nitrogens is 6. The van der Waals surface area contributed by atoms with Gasteiger partial charge in [-0.05, 0) is 12.5 Å². The largest absolute Gasteiger partial charge is 0.480 e. The number of amides is 1. The number of carbonyl (C=O) groups excluding carboxylic acids is 1. The fraction of sp³-hybridized carbons (Fsp3) is 0.467. The lowest BCUT2D eigenvalue weighted by Gasteiger charge is -2.02. The first-order chi connectivity index (χ1) is 12.1. The van der Waals surface area contributed by atoms with Crippen LogP contribution in [0.3, 0.4) is 0 Å². The third kappa shape index (κ3) is 4.08. The van der Waals surface area contributed by atoms with E-state index in [2.05, 4.69) is 30.8 Å². The van der Waals surface area contributed by atoms with Gasteiger partial charge in [0.15, 0.2) is 11.5 Å². The SMILES string of the molecule is COc1ccc2nnc(CCCC(=O)Nc3nnc(C(C)C)s3)n2n1. The maximum absolute atomic E-state index is 12.0. The molecule has 3 aromatic heterocycles. The summed E-state index contributed by atoms with van der Waals surface area (Å²) in [7, 11) is 1.56. The highest BCUT2D eigenvalue weighted by atomic mass is 32.1. The van der Waals surface area contributed by atoms with Crippen LogP contribution in [0, 0.1) is 0 Å². The molecule has 1 N–H and O–H groups in total. The molecular formula is C15H19N7O2S. The number of carbonyl (C=O) groups is 1. The Bertz CT molecular complexity index is 874. The Morgan fingerprint density at radius 2 is 2.12 bits per heavy atom. The minimum Gasteiger partial charge on any atom is -0.480 e. The van der Waals surface area contributed by atoms with Crippen molar-refractivity contribution >= 4 is 28.0 Å². The lowest BCUT2D eigenvalue weighted by Crippen LogP contribution is -2.11. The number of aryl methyl sites for hydroxylation is 1. The van der Waals surface area contributed by atoms with E-state index in [-0.39, 0.29) is 5.91 Å². The van der Waals surface area contributed by atoms with E-state index in [1.807, 2.05) is 13.8 Å². The molecule has 0 unspecified atom stereocenters. The molecule has 0 bridgehead atoms. The summed E-state index contributed by atoms with van der Waals surface area (Å²) in [4.78, 5) is 12.0. The summed E-state index contributed by atoms with van der Waals surface area (Å²) < 4.78 is 6.75. The molecule has 3 aromatic rings. The van der Waals surface area contributed by atoms with Crippen LogP contribution in [0.25, 0.3) is 5.65 Å². The number of fused-ring (bicyclic) bond motifs is 1. The first-order valence-corrected chi connectivity index (χ1v) is 8.77. The molecule has 0 aliphatic heterocycles. The molecule has 0 aromatic carbocycles. The van der Waals surface area contributed by atoms with Crippen molar-refractivity contribution in [1.82, 2.24) is 30.0 Å². The highest BCUT2D eigenvalue weighted by Gasteiger charge is 2.12. The molecule has 0 radical (unpaired) electrons. The van der Waals surface area contributed by atoms with Crippen molar-refractivity contribution in [2.75, 3.05) is 12.4 Å². The highest BCUT2D eigenvalue weighted by Crippen LogP contribution is 2.22. The average molecular weight is 361 g/mol. The lowest BCUT2D eigenvalue weighted by atomic mass is 10.2. The van der Waals surface area contributed by atoms with E-state index >= 15 is 0 Å². The van der Waals surface area contributed by atoms with E-state index < -0.39 is 0 Å². The van der Waals surface area contributed by atoms with Gasteiger partial charge in [0, 0.05) is 24.8 Å². The molecule has 3 rings (SSSR count). The summed E-state index contributed by atoms with van der Waals surface area (Å²) in [5.41, 5.74) is 0.648. The topological polar surface area (TPSA) is 107 Å². The second-order valence-corrected chi connectivity index (χ2v) is 6.77. The average Bonchev–Trinajstić information content (AvgIpc) is 3.21. The van der Waals surface area contributed by atoms with E-state index in [1.165, 1.54) is 11.3 Å². The summed E-state index contributed by atoms with van der Waals surface area (Å²) in [6.07, 6.45) is 1.57. The summed E-state index contributed by atoms with van der Waals surface area (Å²) in [6.45, 7) is 4.08. The number of ether oxygens (including phenoxy) is 1. The van der Waals surface area contributed by atoms with Gasteiger partial charge in [-0.2, -0.15) is 4.52 Å². The van der Waals surface area contributed by atoms with Gasteiger partial charge in [-0.25, -0.2) is 0 Å². The van der Waals surface area contributed by atoms with Gasteiger partial charge in [0.05, 0.1) is 7.11 Å². The van der Waals surface area contributed by atoms with E-state index in [4.69, 9.17) is 4.74 Å². The smallest absolute Gasteiger partial charge is 0.231 e. The maximum Gasteiger partial charge on any atom is 0.231 e. The minimum atomic E-state index is -0.0918. The first kappa shape index (κ1) is 17.2. The van der Waals surface area contributed by atoms with Crippen LogP contribution < -0.4 is 10.1 Å². The molecular weight excluding hydrogens is 342 g/mol. The summed E-state index contributed by atoms with van der Waals surface area (Å²) in [5, 5.41) is 24.7. The Morgan fingerprint density at radius 3 is 2.84 bits per heavy atom. The summed E-state index contributed by atoms with van der Waals surface area (Å²) >= 11 is 1.40. The number of nitrogens with one attached hydrogen (secondary N) is 1. The molecule has 0 atom stereocenters. The monoisotopic (exact) mass is 361 g/mol. The lowest BCUT2D eigenvalue weighted by molar-refractivity contribution is -0.116. The number of nitrogens with zero attached hydrogens (tertiary/aromatic N) is 6. The summed E-state index contributed by atoms with van der Waals surface area (Å²) in [6, 6.07) is 3.52. The Balaban J connectivity index is 1.54. The Kier molecular flexibility index (Phi) is 5.17. The molecule has 25 heavy (non-hydrogen) atoms. The normalized spacial score (nSPS) is 11.2. The number of hydrogen-bond acceptors (Lipinski definition) is 8. The predicted molar refractivity (Wildman–Crippen MR) is 92.9 cm³/mol. The van der Waals surface area contributed by atoms with Crippen LogP contribution >= 0.6 is 11.3 Å². The molecule has 0 fully saturated rings. The van der Waals surface area contributed by atoms with Crippen molar-refractivity contribution in [1.29, 1.82) is 0 Å². The van der Waals surface area contributed by atoms with Crippen LogP contribution in [0.2, 0.25) is 0 Å². The van der Waals surface area contributed by atoms with Crippen LogP contribution in [0.5, 0.6) is 5.88 Å². The summed E-state index contributed by atoms with van der Waals surface area (Å²) in [5.74, 6) is 1.39. The number of anilines is 1. The maximum atomic E-state index is 12.0. The van der Waals surface area contributed by atoms with E-state index in [9.17, 15) is 4.79 Å². The van der Waals surface area contributed by atoms with Gasteiger partial charge in [0.2, 0.25) is 16.9 Å². The van der Waals surface area contributed by atoms with Crippen molar-refractivity contribution in [3.8, 4) is 5.88 Å². The van der Waals surface area contributed by atoms with Crippen molar-refractivity contribution in [3.63, 3.8) is 0 Å². The minimum absolute atomic E-state index is 0.0918. The number of methoxy groups -OCH3 is 1.